The summed E-state index contributed by atoms with van der Waals surface area (Å²) in [6, 6.07) is 5.17. The van der Waals surface area contributed by atoms with E-state index in [1.165, 1.54) is 12.0 Å². The molecule has 0 radical (unpaired) electrons. The minimum Gasteiger partial charge on any atom is -0.207 e. The van der Waals surface area contributed by atoms with Gasteiger partial charge in [-0.15, -0.1) is 0 Å². The zero-order valence-corrected chi connectivity index (χ0v) is 9.24. The highest BCUT2D eigenvalue weighted by Crippen LogP contribution is 2.25. The average molecular weight is 231 g/mol. The van der Waals surface area contributed by atoms with E-state index in [2.05, 4.69) is 0 Å². The zero-order chi connectivity index (χ0) is 10.2. The van der Waals surface area contributed by atoms with E-state index in [1.54, 1.807) is 12.1 Å². The maximum absolute atomic E-state index is 11.1. The molecule has 2 rings (SSSR count). The second kappa shape index (κ2) is 3.55. The Bertz CT molecular complexity index is 451. The van der Waals surface area contributed by atoms with Gasteiger partial charge in [-0.2, -0.15) is 0 Å². The Labute approximate surface area is 88.3 Å². The van der Waals surface area contributed by atoms with Crippen molar-refractivity contribution in [3.8, 4) is 0 Å². The maximum atomic E-state index is 11.1. The molecule has 0 aliphatic heterocycles. The van der Waals surface area contributed by atoms with Crippen LogP contribution in [0.5, 0.6) is 0 Å². The molecule has 1 aliphatic rings. The molecule has 4 heteroatoms. The second-order valence-electron chi connectivity index (χ2n) is 3.58. The highest BCUT2D eigenvalue weighted by molar-refractivity contribution is 8.13. The molecule has 0 aromatic heterocycles. The van der Waals surface area contributed by atoms with Crippen LogP contribution in [0.4, 0.5) is 0 Å². The van der Waals surface area contributed by atoms with Crippen LogP contribution in [0.2, 0.25) is 0 Å². The topological polar surface area (TPSA) is 34.1 Å². The lowest BCUT2D eigenvalue weighted by atomic mass is 9.92. The van der Waals surface area contributed by atoms with Crippen LogP contribution in [0, 0.1) is 0 Å². The third-order valence-corrected chi connectivity index (χ3v) is 3.95. The van der Waals surface area contributed by atoms with Crippen molar-refractivity contribution in [1.82, 2.24) is 0 Å². The zero-order valence-electron chi connectivity index (χ0n) is 7.66. The van der Waals surface area contributed by atoms with E-state index in [-0.39, 0.29) is 4.90 Å². The molecule has 0 saturated heterocycles. The summed E-state index contributed by atoms with van der Waals surface area (Å²) in [4.78, 5) is 0.222. The van der Waals surface area contributed by atoms with Crippen molar-refractivity contribution in [3.63, 3.8) is 0 Å². The first-order valence-electron chi connectivity index (χ1n) is 4.64. The molecule has 14 heavy (non-hydrogen) atoms. The lowest BCUT2D eigenvalue weighted by molar-refractivity contribution is 0.609. The molecule has 2 nitrogen and oxygen atoms in total. The quantitative estimate of drug-likeness (QED) is 0.695. The first-order chi connectivity index (χ1) is 6.57. The Morgan fingerprint density at radius 1 is 1.07 bits per heavy atom. The normalized spacial score (nSPS) is 16.4. The molecular formula is C10H11ClO2S. The second-order valence-corrected chi connectivity index (χ2v) is 6.14. The molecular weight excluding hydrogens is 220 g/mol. The summed E-state index contributed by atoms with van der Waals surface area (Å²) >= 11 is 0. The minimum absolute atomic E-state index is 0.222. The van der Waals surface area contributed by atoms with Gasteiger partial charge in [0, 0.05) is 10.7 Å². The van der Waals surface area contributed by atoms with Gasteiger partial charge >= 0.3 is 0 Å². The van der Waals surface area contributed by atoms with Gasteiger partial charge in [0.25, 0.3) is 9.05 Å². The molecule has 76 valence electrons. The van der Waals surface area contributed by atoms with E-state index in [4.69, 9.17) is 10.7 Å². The third kappa shape index (κ3) is 1.93. The summed E-state index contributed by atoms with van der Waals surface area (Å²) < 4.78 is 22.2. The molecule has 0 heterocycles. The molecule has 0 amide bonds. The lowest BCUT2D eigenvalue weighted by Crippen LogP contribution is -2.03. The molecule has 0 bridgehead atoms. The van der Waals surface area contributed by atoms with Crippen molar-refractivity contribution >= 4 is 19.7 Å². The van der Waals surface area contributed by atoms with Gasteiger partial charge in [-0.05, 0) is 48.9 Å². The van der Waals surface area contributed by atoms with Crippen LogP contribution in [-0.2, 0) is 21.9 Å². The van der Waals surface area contributed by atoms with Crippen LogP contribution in [0.1, 0.15) is 24.0 Å². The van der Waals surface area contributed by atoms with Crippen LogP contribution >= 0.6 is 10.7 Å². The van der Waals surface area contributed by atoms with E-state index in [9.17, 15) is 8.42 Å². The molecule has 0 fully saturated rings. The third-order valence-electron chi connectivity index (χ3n) is 2.60. The maximum Gasteiger partial charge on any atom is 0.261 e. The SMILES string of the molecule is O=S(=O)(Cl)c1ccc2c(c1)CCCC2. The van der Waals surface area contributed by atoms with Crippen LogP contribution < -0.4 is 0 Å². The number of hydrogen-bond acceptors (Lipinski definition) is 2. The van der Waals surface area contributed by atoms with Gasteiger partial charge in [0.1, 0.15) is 0 Å². The standard InChI is InChI=1S/C10H11ClO2S/c11-14(12,13)10-6-5-8-3-1-2-4-9(8)7-10/h5-7H,1-4H2. The summed E-state index contributed by atoms with van der Waals surface area (Å²) in [6.45, 7) is 0. The number of aryl methyl sites for hydroxylation is 2. The summed E-state index contributed by atoms with van der Waals surface area (Å²) in [6.07, 6.45) is 4.35. The van der Waals surface area contributed by atoms with Gasteiger partial charge in [-0.25, -0.2) is 8.42 Å². The molecule has 1 aliphatic carbocycles. The summed E-state index contributed by atoms with van der Waals surface area (Å²) in [5.41, 5.74) is 2.40. The Hall–Kier alpha value is -0.540. The molecule has 0 N–H and O–H groups in total. The van der Waals surface area contributed by atoms with Crippen LogP contribution in [0.25, 0.3) is 0 Å². The number of fused-ring (bicyclic) bond motifs is 1. The predicted octanol–water partition coefficient (Wildman–Crippen LogP) is 2.49. The van der Waals surface area contributed by atoms with Crippen LogP contribution in [-0.4, -0.2) is 8.42 Å². The van der Waals surface area contributed by atoms with Crippen molar-refractivity contribution < 1.29 is 8.42 Å². The monoisotopic (exact) mass is 230 g/mol. The van der Waals surface area contributed by atoms with Gasteiger partial charge in [0.15, 0.2) is 0 Å². The Morgan fingerprint density at radius 3 is 2.36 bits per heavy atom. The fourth-order valence-electron chi connectivity index (χ4n) is 1.86. The summed E-state index contributed by atoms with van der Waals surface area (Å²) in [5.74, 6) is 0. The molecule has 0 atom stereocenters. The molecule has 0 saturated carbocycles. The van der Waals surface area contributed by atoms with Crippen molar-refractivity contribution in [2.75, 3.05) is 0 Å². The van der Waals surface area contributed by atoms with E-state index >= 15 is 0 Å². The number of rotatable bonds is 1. The first kappa shape index (κ1) is 9.99. The number of hydrogen-bond donors (Lipinski definition) is 0. The molecule has 1 aromatic rings. The largest absolute Gasteiger partial charge is 0.261 e. The van der Waals surface area contributed by atoms with Gasteiger partial charge in [-0.1, -0.05) is 6.07 Å². The highest BCUT2D eigenvalue weighted by Gasteiger charge is 2.14. The van der Waals surface area contributed by atoms with Crippen molar-refractivity contribution in [1.29, 1.82) is 0 Å². The van der Waals surface area contributed by atoms with Crippen molar-refractivity contribution in [2.45, 2.75) is 30.6 Å². The first-order valence-corrected chi connectivity index (χ1v) is 6.95. The van der Waals surface area contributed by atoms with Crippen molar-refractivity contribution in [2.24, 2.45) is 0 Å². The van der Waals surface area contributed by atoms with Crippen LogP contribution in [0.3, 0.4) is 0 Å². The molecule has 0 unspecified atom stereocenters. The van der Waals surface area contributed by atoms with Gasteiger partial charge < -0.3 is 0 Å². The fourth-order valence-corrected chi connectivity index (χ4v) is 2.66. The summed E-state index contributed by atoms with van der Waals surface area (Å²) in [7, 11) is 1.71. The van der Waals surface area contributed by atoms with E-state index in [1.807, 2.05) is 6.07 Å². The minimum atomic E-state index is -3.56. The van der Waals surface area contributed by atoms with Crippen molar-refractivity contribution in [3.05, 3.63) is 29.3 Å². The van der Waals surface area contributed by atoms with E-state index in [0.717, 1.165) is 24.8 Å². The van der Waals surface area contributed by atoms with E-state index < -0.39 is 9.05 Å². The number of halogens is 1. The fraction of sp³-hybridized carbons (Fsp3) is 0.400. The predicted molar refractivity (Wildman–Crippen MR) is 56.1 cm³/mol. The Kier molecular flexibility index (Phi) is 2.54. The smallest absolute Gasteiger partial charge is 0.207 e. The average Bonchev–Trinajstić information content (AvgIpc) is 2.16. The lowest BCUT2D eigenvalue weighted by Gasteiger charge is -2.15. The summed E-state index contributed by atoms with van der Waals surface area (Å²) in [5, 5.41) is 0. The van der Waals surface area contributed by atoms with Gasteiger partial charge in [0.05, 0.1) is 4.90 Å². The molecule has 0 spiro atoms. The van der Waals surface area contributed by atoms with Gasteiger partial charge in [0.2, 0.25) is 0 Å². The molecule has 1 aromatic carbocycles. The Balaban J connectivity index is 2.49. The number of benzene rings is 1. The Morgan fingerprint density at radius 2 is 1.71 bits per heavy atom. The highest BCUT2D eigenvalue weighted by atomic mass is 35.7. The van der Waals surface area contributed by atoms with Crippen LogP contribution in [0.15, 0.2) is 23.1 Å². The van der Waals surface area contributed by atoms with Gasteiger partial charge in [-0.3, -0.25) is 0 Å². The van der Waals surface area contributed by atoms with E-state index in [0.29, 0.717) is 0 Å².